The predicted molar refractivity (Wildman–Crippen MR) is 86.8 cm³/mol. The number of nitrogens with zero attached hydrogens (tertiary/aromatic N) is 1. The van der Waals surface area contributed by atoms with Gasteiger partial charge in [0.05, 0.1) is 0 Å². The third-order valence-electron chi connectivity index (χ3n) is 4.42. The Morgan fingerprint density at radius 3 is 2.43 bits per heavy atom. The first-order valence-corrected chi connectivity index (χ1v) is 8.20. The molecule has 0 radical (unpaired) electrons. The lowest BCUT2D eigenvalue weighted by Crippen LogP contribution is -2.44. The average Bonchev–Trinajstić information content (AvgIpc) is 3.01. The van der Waals surface area contributed by atoms with Crippen LogP contribution in [0.2, 0.25) is 0 Å². The Hall–Kier alpha value is -1.35. The third-order valence-corrected chi connectivity index (χ3v) is 4.42. The van der Waals surface area contributed by atoms with E-state index in [2.05, 4.69) is 18.7 Å². The summed E-state index contributed by atoms with van der Waals surface area (Å²) < 4.78 is 0. The molecule has 1 aromatic rings. The summed E-state index contributed by atoms with van der Waals surface area (Å²) in [4.78, 5) is 14.9. The number of rotatable bonds is 6. The van der Waals surface area contributed by atoms with Crippen molar-refractivity contribution >= 4 is 5.91 Å². The fourth-order valence-corrected chi connectivity index (χ4v) is 3.07. The van der Waals surface area contributed by atoms with Gasteiger partial charge in [-0.2, -0.15) is 0 Å². The third kappa shape index (κ3) is 4.31. The van der Waals surface area contributed by atoms with E-state index in [9.17, 15) is 4.79 Å². The molecule has 1 aliphatic rings. The summed E-state index contributed by atoms with van der Waals surface area (Å²) in [5.41, 5.74) is 7.13. The topological polar surface area (TPSA) is 46.3 Å². The number of carbonyl (C=O) groups is 1. The van der Waals surface area contributed by atoms with Crippen LogP contribution in [-0.4, -0.2) is 23.4 Å². The zero-order valence-corrected chi connectivity index (χ0v) is 13.3. The van der Waals surface area contributed by atoms with Gasteiger partial charge in [-0.1, -0.05) is 57.0 Å². The molecule has 116 valence electrons. The van der Waals surface area contributed by atoms with Gasteiger partial charge in [0.1, 0.15) is 6.04 Å². The molecule has 2 rings (SSSR count). The van der Waals surface area contributed by atoms with Gasteiger partial charge in [-0.3, -0.25) is 4.79 Å². The molecule has 1 aromatic carbocycles. The van der Waals surface area contributed by atoms with Crippen molar-refractivity contribution in [1.82, 2.24) is 4.90 Å². The summed E-state index contributed by atoms with van der Waals surface area (Å²) in [5, 5.41) is 0. The molecule has 0 bridgehead atoms. The molecule has 0 saturated heterocycles. The minimum atomic E-state index is -0.529. The smallest absolute Gasteiger partial charge is 0.244 e. The first-order valence-electron chi connectivity index (χ1n) is 8.20. The monoisotopic (exact) mass is 288 g/mol. The van der Waals surface area contributed by atoms with Crippen molar-refractivity contribution in [3.63, 3.8) is 0 Å². The van der Waals surface area contributed by atoms with E-state index in [1.165, 1.54) is 12.8 Å². The summed E-state index contributed by atoms with van der Waals surface area (Å²) in [6.07, 6.45) is 5.77. The van der Waals surface area contributed by atoms with Crippen LogP contribution in [0.3, 0.4) is 0 Å². The zero-order chi connectivity index (χ0) is 15.2. The maximum Gasteiger partial charge on any atom is 0.244 e. The Morgan fingerprint density at radius 2 is 1.86 bits per heavy atom. The number of benzene rings is 1. The largest absolute Gasteiger partial charge is 0.338 e. The van der Waals surface area contributed by atoms with Crippen molar-refractivity contribution in [2.45, 2.75) is 58.0 Å². The lowest BCUT2D eigenvalue weighted by Gasteiger charge is -2.32. The van der Waals surface area contributed by atoms with Crippen LogP contribution >= 0.6 is 0 Å². The van der Waals surface area contributed by atoms with Crippen LogP contribution in [0.5, 0.6) is 0 Å². The van der Waals surface area contributed by atoms with Crippen LogP contribution in [0.1, 0.15) is 57.6 Å². The molecule has 2 N–H and O–H groups in total. The highest BCUT2D eigenvalue weighted by molar-refractivity contribution is 5.83. The van der Waals surface area contributed by atoms with Crippen molar-refractivity contribution in [2.24, 2.45) is 11.7 Å². The lowest BCUT2D eigenvalue weighted by atomic mass is 10.0. The second-order valence-corrected chi connectivity index (χ2v) is 6.54. The first-order chi connectivity index (χ1) is 10.1. The molecule has 0 spiro atoms. The minimum absolute atomic E-state index is 0.0914. The molecule has 1 atom stereocenters. The lowest BCUT2D eigenvalue weighted by molar-refractivity contribution is -0.135. The van der Waals surface area contributed by atoms with E-state index in [1.807, 2.05) is 30.3 Å². The normalized spacial score (nSPS) is 17.1. The number of hydrogen-bond acceptors (Lipinski definition) is 2. The van der Waals surface area contributed by atoms with Crippen LogP contribution in [-0.2, 0) is 4.79 Å². The Morgan fingerprint density at radius 1 is 1.24 bits per heavy atom. The summed E-state index contributed by atoms with van der Waals surface area (Å²) in [6.45, 7) is 5.24. The fraction of sp³-hybridized carbons (Fsp3) is 0.611. The summed E-state index contributed by atoms with van der Waals surface area (Å²) in [7, 11) is 0. The van der Waals surface area contributed by atoms with Crippen LogP contribution in [0.15, 0.2) is 30.3 Å². The summed E-state index contributed by atoms with van der Waals surface area (Å²) in [6, 6.07) is 9.58. The van der Waals surface area contributed by atoms with E-state index in [-0.39, 0.29) is 5.91 Å². The van der Waals surface area contributed by atoms with Crippen LogP contribution in [0, 0.1) is 5.92 Å². The fourth-order valence-electron chi connectivity index (χ4n) is 3.07. The zero-order valence-electron chi connectivity index (χ0n) is 13.3. The van der Waals surface area contributed by atoms with E-state index < -0.39 is 6.04 Å². The molecule has 0 aromatic heterocycles. The maximum absolute atomic E-state index is 12.8. The maximum atomic E-state index is 12.8. The molecule has 3 nitrogen and oxygen atoms in total. The van der Waals surface area contributed by atoms with Crippen molar-refractivity contribution in [1.29, 1.82) is 0 Å². The van der Waals surface area contributed by atoms with Gasteiger partial charge in [-0.15, -0.1) is 0 Å². The van der Waals surface area contributed by atoms with Crippen molar-refractivity contribution in [3.8, 4) is 0 Å². The molecule has 1 aliphatic carbocycles. The van der Waals surface area contributed by atoms with Crippen LogP contribution < -0.4 is 5.73 Å². The van der Waals surface area contributed by atoms with Crippen molar-refractivity contribution < 1.29 is 4.79 Å². The van der Waals surface area contributed by atoms with E-state index >= 15 is 0 Å². The Kier molecular flexibility index (Phi) is 5.80. The molecule has 0 aliphatic heterocycles. The van der Waals surface area contributed by atoms with Gasteiger partial charge in [0, 0.05) is 12.6 Å². The number of amides is 1. The molecule has 0 heterocycles. The molecule has 3 heteroatoms. The van der Waals surface area contributed by atoms with Gasteiger partial charge in [0.25, 0.3) is 0 Å². The van der Waals surface area contributed by atoms with Crippen molar-refractivity contribution in [3.05, 3.63) is 35.9 Å². The highest BCUT2D eigenvalue weighted by Gasteiger charge is 2.30. The highest BCUT2D eigenvalue weighted by atomic mass is 16.2. The van der Waals surface area contributed by atoms with Gasteiger partial charge in [-0.25, -0.2) is 0 Å². The second-order valence-electron chi connectivity index (χ2n) is 6.54. The second kappa shape index (κ2) is 7.60. The molecule has 0 unspecified atom stereocenters. The quantitative estimate of drug-likeness (QED) is 0.870. The van der Waals surface area contributed by atoms with E-state index in [4.69, 9.17) is 5.73 Å². The Labute approximate surface area is 128 Å². The van der Waals surface area contributed by atoms with E-state index in [0.717, 1.165) is 31.4 Å². The van der Waals surface area contributed by atoms with E-state index in [1.54, 1.807) is 0 Å². The molecule has 21 heavy (non-hydrogen) atoms. The average molecular weight is 288 g/mol. The molecule has 1 fully saturated rings. The van der Waals surface area contributed by atoms with Gasteiger partial charge in [0.2, 0.25) is 5.91 Å². The number of carbonyl (C=O) groups excluding carboxylic acids is 1. The van der Waals surface area contributed by atoms with Gasteiger partial charge in [0.15, 0.2) is 0 Å². The number of nitrogens with two attached hydrogens (primary N) is 1. The van der Waals surface area contributed by atoms with Gasteiger partial charge in [-0.05, 0) is 30.7 Å². The molecular weight excluding hydrogens is 260 g/mol. The summed E-state index contributed by atoms with van der Waals surface area (Å²) in [5.74, 6) is 0.698. The van der Waals surface area contributed by atoms with Crippen LogP contribution in [0.25, 0.3) is 0 Å². The Bertz CT molecular complexity index is 438. The van der Waals surface area contributed by atoms with Gasteiger partial charge >= 0.3 is 0 Å². The highest BCUT2D eigenvalue weighted by Crippen LogP contribution is 2.26. The molecule has 1 amide bonds. The standard InChI is InChI=1S/C18H28N2O/c1-14(2)12-13-20(16-10-6-7-11-16)18(21)17(19)15-8-4-3-5-9-15/h3-5,8-9,14,16-17H,6-7,10-13,19H2,1-2H3/t17-/m0/s1. The van der Waals surface area contributed by atoms with Gasteiger partial charge < -0.3 is 10.6 Å². The number of hydrogen-bond donors (Lipinski definition) is 1. The SMILES string of the molecule is CC(C)CCN(C(=O)[C@@H](N)c1ccccc1)C1CCCC1. The van der Waals surface area contributed by atoms with E-state index in [0.29, 0.717) is 12.0 Å². The Balaban J connectivity index is 2.09. The first kappa shape index (κ1) is 16.0. The molecular formula is C18H28N2O. The van der Waals surface area contributed by atoms with Crippen LogP contribution in [0.4, 0.5) is 0 Å². The minimum Gasteiger partial charge on any atom is -0.338 e. The predicted octanol–water partition coefficient (Wildman–Crippen LogP) is 3.50. The summed E-state index contributed by atoms with van der Waals surface area (Å²) >= 11 is 0. The van der Waals surface area contributed by atoms with Crippen molar-refractivity contribution in [2.75, 3.05) is 6.54 Å². The molecule has 1 saturated carbocycles.